The Hall–Kier alpha value is -1.65. The fourth-order valence-electron chi connectivity index (χ4n) is 4.10. The quantitative estimate of drug-likeness (QED) is 0.591. The van der Waals surface area contributed by atoms with Gasteiger partial charge in [-0.05, 0) is 55.2 Å². The molecule has 0 N–H and O–H groups in total. The molecule has 5 nitrogen and oxygen atoms in total. The average Bonchev–Trinajstić information content (AvgIpc) is 3.23. The molecule has 4 rings (SSSR count). The van der Waals surface area contributed by atoms with Crippen LogP contribution in [0.2, 0.25) is 0 Å². The van der Waals surface area contributed by atoms with E-state index in [4.69, 9.17) is 4.18 Å². The lowest BCUT2D eigenvalue weighted by molar-refractivity contribution is -0.141. The Bertz CT molecular complexity index is 999. The Balaban J connectivity index is 1.49. The van der Waals surface area contributed by atoms with Crippen molar-refractivity contribution < 1.29 is 25.8 Å². The van der Waals surface area contributed by atoms with E-state index in [-0.39, 0.29) is 22.5 Å². The average molecular weight is 491 g/mol. The first kappa shape index (κ1) is 20.6. The summed E-state index contributed by atoms with van der Waals surface area (Å²) in [5.74, 6) is 0.344. The molecule has 156 valence electrons. The number of rotatable bonds is 4. The number of anilines is 1. The molecule has 1 saturated heterocycles. The molecule has 1 saturated carbocycles. The third kappa shape index (κ3) is 4.29. The fraction of sp³-hybridized carbons (Fsp3) is 0.421. The molecule has 0 spiro atoms. The zero-order valence-corrected chi connectivity index (χ0v) is 17.5. The van der Waals surface area contributed by atoms with Crippen LogP contribution >= 0.6 is 15.9 Å². The summed E-state index contributed by atoms with van der Waals surface area (Å²) in [6, 6.07) is 10.0. The normalized spacial score (nSPS) is 24.7. The van der Waals surface area contributed by atoms with Gasteiger partial charge in [-0.25, -0.2) is 4.98 Å². The van der Waals surface area contributed by atoms with Gasteiger partial charge in [0.2, 0.25) is 0 Å². The molecule has 3 atom stereocenters. The predicted octanol–water partition coefficient (Wildman–Crippen LogP) is 4.48. The molecule has 1 aromatic heterocycles. The van der Waals surface area contributed by atoms with Crippen LogP contribution in [0.5, 0.6) is 0 Å². The van der Waals surface area contributed by atoms with Gasteiger partial charge in [-0.3, -0.25) is 4.18 Å². The molecule has 1 aliphatic heterocycles. The summed E-state index contributed by atoms with van der Waals surface area (Å²) in [6.45, 7) is 0.955. The van der Waals surface area contributed by atoms with Crippen molar-refractivity contribution in [3.8, 4) is 0 Å². The summed E-state index contributed by atoms with van der Waals surface area (Å²) in [4.78, 5) is 5.61. The minimum absolute atomic E-state index is 0.0726. The summed E-state index contributed by atoms with van der Waals surface area (Å²) in [7, 11) is -3.91. The van der Waals surface area contributed by atoms with Gasteiger partial charge in [0.25, 0.3) is 10.1 Å². The Morgan fingerprint density at radius 3 is 2.48 bits per heavy atom. The van der Waals surface area contributed by atoms with Crippen molar-refractivity contribution in [3.63, 3.8) is 0 Å². The lowest BCUT2D eigenvalue weighted by Crippen LogP contribution is -2.29. The van der Waals surface area contributed by atoms with Crippen molar-refractivity contribution in [2.75, 3.05) is 18.0 Å². The lowest BCUT2D eigenvalue weighted by Gasteiger charge is -2.22. The summed E-state index contributed by atoms with van der Waals surface area (Å²) in [6.07, 6.45) is -3.63. The van der Waals surface area contributed by atoms with Gasteiger partial charge in [0.15, 0.2) is 0 Å². The molecule has 0 radical (unpaired) electrons. The summed E-state index contributed by atoms with van der Waals surface area (Å²) < 4.78 is 70.4. The molecule has 29 heavy (non-hydrogen) atoms. The van der Waals surface area contributed by atoms with Crippen LogP contribution in [0.1, 0.15) is 18.5 Å². The number of benzene rings is 1. The number of aromatic nitrogens is 1. The first-order valence-corrected chi connectivity index (χ1v) is 11.3. The Morgan fingerprint density at radius 1 is 1.07 bits per heavy atom. The van der Waals surface area contributed by atoms with E-state index in [0.29, 0.717) is 19.5 Å². The maximum Gasteiger partial charge on any atom is 0.433 e. The lowest BCUT2D eigenvalue weighted by atomic mass is 10.00. The number of fused-ring (bicyclic) bond motifs is 1. The Morgan fingerprint density at radius 2 is 1.79 bits per heavy atom. The minimum Gasteiger partial charge on any atom is -0.356 e. The first-order valence-electron chi connectivity index (χ1n) is 9.11. The minimum atomic E-state index is -4.50. The largest absolute Gasteiger partial charge is 0.433 e. The van der Waals surface area contributed by atoms with Crippen LogP contribution in [0, 0.1) is 11.8 Å². The van der Waals surface area contributed by atoms with Crippen LogP contribution in [0.15, 0.2) is 51.8 Å². The van der Waals surface area contributed by atoms with Crippen molar-refractivity contribution in [2.24, 2.45) is 11.8 Å². The summed E-state index contributed by atoms with van der Waals surface area (Å²) >= 11 is 3.27. The maximum absolute atomic E-state index is 12.9. The van der Waals surface area contributed by atoms with E-state index >= 15 is 0 Å². The molecular weight excluding hydrogens is 473 g/mol. The third-order valence-corrected chi connectivity index (χ3v) is 7.37. The van der Waals surface area contributed by atoms with Gasteiger partial charge in [0, 0.05) is 23.5 Å². The highest BCUT2D eigenvalue weighted by molar-refractivity contribution is 9.10. The SMILES string of the molecule is O=S(=O)(O[C@@H]1CC[C@@H]2CN(c3cccc(C(F)(F)F)n3)C[C@@H]21)c1ccc(Br)cc1. The predicted molar refractivity (Wildman–Crippen MR) is 104 cm³/mol. The third-order valence-electron chi connectivity index (χ3n) is 5.49. The van der Waals surface area contributed by atoms with Crippen LogP contribution in [0.3, 0.4) is 0 Å². The monoisotopic (exact) mass is 490 g/mol. The van der Waals surface area contributed by atoms with E-state index in [1.165, 1.54) is 18.2 Å². The van der Waals surface area contributed by atoms with E-state index in [9.17, 15) is 21.6 Å². The van der Waals surface area contributed by atoms with E-state index in [1.807, 2.05) is 0 Å². The van der Waals surface area contributed by atoms with E-state index in [0.717, 1.165) is 17.0 Å². The Kier molecular flexibility index (Phi) is 5.37. The van der Waals surface area contributed by atoms with E-state index < -0.39 is 28.1 Å². The van der Waals surface area contributed by atoms with E-state index in [1.54, 1.807) is 23.1 Å². The zero-order valence-electron chi connectivity index (χ0n) is 15.1. The van der Waals surface area contributed by atoms with Crippen molar-refractivity contribution >= 4 is 31.9 Å². The molecule has 2 heterocycles. The second-order valence-electron chi connectivity index (χ2n) is 7.33. The number of hydrogen-bond donors (Lipinski definition) is 0. The standard InChI is InChI=1S/C19H18BrF3N2O3S/c20-13-5-7-14(8-6-13)29(26,27)28-16-9-4-12-10-25(11-15(12)16)18-3-1-2-17(24-18)19(21,22)23/h1-3,5-8,12,15-16H,4,9-11H2/t12-,15+,16-/m1/s1. The topological polar surface area (TPSA) is 59.5 Å². The van der Waals surface area contributed by atoms with Crippen LogP contribution in [-0.4, -0.2) is 32.6 Å². The van der Waals surface area contributed by atoms with Crippen molar-refractivity contribution in [3.05, 3.63) is 52.6 Å². The molecule has 0 amide bonds. The highest BCUT2D eigenvalue weighted by atomic mass is 79.9. The molecule has 2 aromatic rings. The van der Waals surface area contributed by atoms with Crippen LogP contribution in [0.4, 0.5) is 19.0 Å². The van der Waals surface area contributed by atoms with Crippen molar-refractivity contribution in [2.45, 2.75) is 30.0 Å². The number of nitrogens with zero attached hydrogens (tertiary/aromatic N) is 2. The summed E-state index contributed by atoms with van der Waals surface area (Å²) in [5.41, 5.74) is -0.933. The molecule has 1 aliphatic carbocycles. The van der Waals surface area contributed by atoms with Gasteiger partial charge in [-0.15, -0.1) is 0 Å². The smallest absolute Gasteiger partial charge is 0.356 e. The van der Waals surface area contributed by atoms with Crippen molar-refractivity contribution in [1.82, 2.24) is 4.98 Å². The van der Waals surface area contributed by atoms with E-state index in [2.05, 4.69) is 20.9 Å². The van der Waals surface area contributed by atoms with Crippen LogP contribution in [0.25, 0.3) is 0 Å². The zero-order chi connectivity index (χ0) is 20.8. The van der Waals surface area contributed by atoms with Crippen LogP contribution < -0.4 is 4.90 Å². The molecule has 1 aromatic carbocycles. The van der Waals surface area contributed by atoms with Crippen LogP contribution in [-0.2, 0) is 20.5 Å². The Labute approximate surface area is 175 Å². The number of pyridine rings is 1. The first-order chi connectivity index (χ1) is 13.6. The highest BCUT2D eigenvalue weighted by Gasteiger charge is 2.45. The fourth-order valence-corrected chi connectivity index (χ4v) is 5.51. The second kappa shape index (κ2) is 7.55. The van der Waals surface area contributed by atoms with Gasteiger partial charge in [-0.2, -0.15) is 21.6 Å². The molecule has 10 heteroatoms. The van der Waals surface area contributed by atoms with Gasteiger partial charge >= 0.3 is 6.18 Å². The van der Waals surface area contributed by atoms with Crippen molar-refractivity contribution in [1.29, 1.82) is 0 Å². The molecule has 2 fully saturated rings. The maximum atomic E-state index is 12.9. The highest BCUT2D eigenvalue weighted by Crippen LogP contribution is 2.42. The number of hydrogen-bond acceptors (Lipinski definition) is 5. The van der Waals surface area contributed by atoms with Gasteiger partial charge in [0.05, 0.1) is 11.0 Å². The van der Waals surface area contributed by atoms with Gasteiger partial charge < -0.3 is 4.90 Å². The molecule has 0 bridgehead atoms. The van der Waals surface area contributed by atoms with Gasteiger partial charge in [0.1, 0.15) is 11.5 Å². The van der Waals surface area contributed by atoms with Gasteiger partial charge in [-0.1, -0.05) is 22.0 Å². The molecular formula is C19H18BrF3N2O3S. The summed E-state index contributed by atoms with van der Waals surface area (Å²) in [5, 5.41) is 0. The molecule has 0 unspecified atom stereocenters. The number of halogens is 4. The number of alkyl halides is 3. The molecule has 2 aliphatic rings. The second-order valence-corrected chi connectivity index (χ2v) is 9.82.